The molecular formula is C14H21N3O2. The van der Waals surface area contributed by atoms with Gasteiger partial charge in [-0.15, -0.1) is 0 Å². The van der Waals surface area contributed by atoms with Gasteiger partial charge in [0.2, 0.25) is 0 Å². The number of benzene rings is 1. The largest absolute Gasteiger partial charge is 0.478 e. The Labute approximate surface area is 113 Å². The fourth-order valence-corrected chi connectivity index (χ4v) is 2.61. The third-order valence-corrected chi connectivity index (χ3v) is 3.82. The molecule has 5 nitrogen and oxygen atoms in total. The van der Waals surface area contributed by atoms with E-state index in [-0.39, 0.29) is 5.56 Å². The number of carbonyl (C=O) groups is 1. The molecule has 104 valence electrons. The lowest BCUT2D eigenvalue weighted by Crippen LogP contribution is -2.45. The van der Waals surface area contributed by atoms with Gasteiger partial charge in [-0.2, -0.15) is 0 Å². The second kappa shape index (κ2) is 5.48. The van der Waals surface area contributed by atoms with E-state index in [0.717, 1.165) is 25.2 Å². The van der Waals surface area contributed by atoms with Gasteiger partial charge in [0.25, 0.3) is 0 Å². The lowest BCUT2D eigenvalue weighted by molar-refractivity contribution is 0.0698. The molecule has 1 aliphatic heterocycles. The van der Waals surface area contributed by atoms with Crippen molar-refractivity contribution in [3.8, 4) is 0 Å². The normalized spacial score (nSPS) is 20.2. The van der Waals surface area contributed by atoms with Crippen molar-refractivity contribution in [3.05, 3.63) is 23.8 Å². The molecule has 0 spiro atoms. The molecule has 0 radical (unpaired) electrons. The van der Waals surface area contributed by atoms with Crippen molar-refractivity contribution < 1.29 is 9.90 Å². The number of likely N-dealkylation sites (tertiary alicyclic amines) is 1. The van der Waals surface area contributed by atoms with Crippen LogP contribution in [-0.4, -0.2) is 49.2 Å². The Morgan fingerprint density at radius 3 is 2.89 bits per heavy atom. The minimum Gasteiger partial charge on any atom is -0.478 e. The van der Waals surface area contributed by atoms with Crippen LogP contribution in [0, 0.1) is 0 Å². The molecule has 2 rings (SSSR count). The number of carboxylic acids is 1. The zero-order valence-corrected chi connectivity index (χ0v) is 11.5. The highest BCUT2D eigenvalue weighted by atomic mass is 16.4. The first kappa shape index (κ1) is 13.7. The van der Waals surface area contributed by atoms with Crippen LogP contribution in [0.3, 0.4) is 0 Å². The van der Waals surface area contributed by atoms with Crippen LogP contribution < -0.4 is 10.6 Å². The van der Waals surface area contributed by atoms with Crippen LogP contribution in [0.15, 0.2) is 18.2 Å². The number of nitrogen functional groups attached to an aromatic ring is 1. The van der Waals surface area contributed by atoms with Crippen molar-refractivity contribution in [3.63, 3.8) is 0 Å². The minimum absolute atomic E-state index is 0.175. The Morgan fingerprint density at radius 2 is 2.26 bits per heavy atom. The number of hydrogen-bond acceptors (Lipinski definition) is 4. The van der Waals surface area contributed by atoms with Gasteiger partial charge in [-0.05, 0) is 44.6 Å². The number of carboxylic acid groups (broad SMARTS) is 1. The fraction of sp³-hybridized carbons (Fsp3) is 0.500. The van der Waals surface area contributed by atoms with Crippen LogP contribution in [0.2, 0.25) is 0 Å². The zero-order chi connectivity index (χ0) is 14.0. The number of likely N-dealkylation sites (N-methyl/N-ethyl adjacent to an activating group) is 2. The van der Waals surface area contributed by atoms with E-state index in [9.17, 15) is 4.79 Å². The van der Waals surface area contributed by atoms with Crippen LogP contribution in [-0.2, 0) is 0 Å². The maximum absolute atomic E-state index is 11.1. The second-order valence-corrected chi connectivity index (χ2v) is 5.25. The Bertz CT molecular complexity index is 476. The zero-order valence-electron chi connectivity index (χ0n) is 11.5. The average Bonchev–Trinajstić information content (AvgIpc) is 2.38. The predicted octanol–water partition coefficient (Wildman–Crippen LogP) is 1.50. The highest BCUT2D eigenvalue weighted by Crippen LogP contribution is 2.24. The molecule has 1 aromatic carbocycles. The third kappa shape index (κ3) is 2.98. The van der Waals surface area contributed by atoms with E-state index >= 15 is 0 Å². The summed E-state index contributed by atoms with van der Waals surface area (Å²) < 4.78 is 0. The molecule has 1 heterocycles. The Hall–Kier alpha value is -1.75. The van der Waals surface area contributed by atoms with E-state index in [1.54, 1.807) is 12.1 Å². The molecule has 19 heavy (non-hydrogen) atoms. The third-order valence-electron chi connectivity index (χ3n) is 3.82. The van der Waals surface area contributed by atoms with Gasteiger partial charge >= 0.3 is 5.97 Å². The molecule has 0 saturated carbocycles. The molecule has 1 saturated heterocycles. The first-order valence-electron chi connectivity index (χ1n) is 6.53. The summed E-state index contributed by atoms with van der Waals surface area (Å²) in [6.45, 7) is 2.13. The van der Waals surface area contributed by atoms with Crippen LogP contribution in [0.25, 0.3) is 0 Å². The molecule has 1 aliphatic rings. The summed E-state index contributed by atoms with van der Waals surface area (Å²) in [5.41, 5.74) is 7.08. The topological polar surface area (TPSA) is 69.8 Å². The molecule has 1 atom stereocenters. The SMILES string of the molecule is CN1CCCC(N(C)c2ccc(N)c(C(=O)O)c2)C1. The fourth-order valence-electron chi connectivity index (χ4n) is 2.61. The molecule has 3 N–H and O–H groups in total. The lowest BCUT2D eigenvalue weighted by Gasteiger charge is -2.37. The summed E-state index contributed by atoms with van der Waals surface area (Å²) >= 11 is 0. The Morgan fingerprint density at radius 1 is 1.53 bits per heavy atom. The molecule has 1 aromatic rings. The van der Waals surface area contributed by atoms with Gasteiger partial charge in [-0.3, -0.25) is 0 Å². The Balaban J connectivity index is 2.21. The van der Waals surface area contributed by atoms with E-state index in [1.807, 2.05) is 13.1 Å². The second-order valence-electron chi connectivity index (χ2n) is 5.25. The number of anilines is 2. The minimum atomic E-state index is -0.978. The van der Waals surface area contributed by atoms with Gasteiger partial charge in [0.15, 0.2) is 0 Å². The molecule has 5 heteroatoms. The van der Waals surface area contributed by atoms with Gasteiger partial charge < -0.3 is 20.6 Å². The molecule has 0 aliphatic carbocycles. The first-order chi connectivity index (χ1) is 8.99. The van der Waals surface area contributed by atoms with Crippen molar-refractivity contribution in [2.75, 3.05) is 37.8 Å². The van der Waals surface area contributed by atoms with Crippen molar-refractivity contribution in [2.45, 2.75) is 18.9 Å². The molecule has 0 amide bonds. The van der Waals surface area contributed by atoms with E-state index in [2.05, 4.69) is 16.8 Å². The van der Waals surface area contributed by atoms with Crippen LogP contribution >= 0.6 is 0 Å². The van der Waals surface area contributed by atoms with E-state index in [4.69, 9.17) is 10.8 Å². The Kier molecular flexibility index (Phi) is 3.95. The number of nitrogens with two attached hydrogens (primary N) is 1. The van der Waals surface area contributed by atoms with Gasteiger partial charge in [0.1, 0.15) is 0 Å². The lowest BCUT2D eigenvalue weighted by atomic mass is 10.0. The molecule has 1 unspecified atom stereocenters. The summed E-state index contributed by atoms with van der Waals surface area (Å²) in [6, 6.07) is 5.63. The highest BCUT2D eigenvalue weighted by molar-refractivity contribution is 5.94. The summed E-state index contributed by atoms with van der Waals surface area (Å²) in [4.78, 5) is 15.6. The van der Waals surface area contributed by atoms with Crippen molar-refractivity contribution in [2.24, 2.45) is 0 Å². The summed E-state index contributed by atoms with van der Waals surface area (Å²) in [6.07, 6.45) is 2.31. The molecule has 1 fully saturated rings. The monoisotopic (exact) mass is 263 g/mol. The number of rotatable bonds is 3. The average molecular weight is 263 g/mol. The number of piperidine rings is 1. The standard InChI is InChI=1S/C14H21N3O2/c1-16-7-3-4-11(9-16)17(2)10-5-6-13(15)12(8-10)14(18)19/h5-6,8,11H,3-4,7,9,15H2,1-2H3,(H,18,19). The smallest absolute Gasteiger partial charge is 0.337 e. The molecule has 0 aromatic heterocycles. The molecular weight excluding hydrogens is 242 g/mol. The maximum atomic E-state index is 11.1. The quantitative estimate of drug-likeness (QED) is 0.809. The maximum Gasteiger partial charge on any atom is 0.337 e. The first-order valence-corrected chi connectivity index (χ1v) is 6.53. The summed E-state index contributed by atoms with van der Waals surface area (Å²) in [5, 5.41) is 9.12. The van der Waals surface area contributed by atoms with Crippen LogP contribution in [0.1, 0.15) is 23.2 Å². The summed E-state index contributed by atoms with van der Waals surface area (Å²) in [7, 11) is 4.13. The number of aromatic carboxylic acids is 1. The predicted molar refractivity (Wildman–Crippen MR) is 76.7 cm³/mol. The van der Waals surface area contributed by atoms with Crippen molar-refractivity contribution in [1.82, 2.24) is 4.90 Å². The van der Waals surface area contributed by atoms with E-state index in [1.165, 1.54) is 6.42 Å². The number of hydrogen-bond donors (Lipinski definition) is 2. The van der Waals surface area contributed by atoms with Crippen LogP contribution in [0.5, 0.6) is 0 Å². The van der Waals surface area contributed by atoms with Gasteiger partial charge in [0, 0.05) is 31.0 Å². The van der Waals surface area contributed by atoms with E-state index < -0.39 is 5.97 Å². The summed E-state index contributed by atoms with van der Waals surface area (Å²) in [5.74, 6) is -0.978. The number of nitrogens with zero attached hydrogens (tertiary/aromatic N) is 2. The van der Waals surface area contributed by atoms with Gasteiger partial charge in [0.05, 0.1) is 5.56 Å². The van der Waals surface area contributed by atoms with E-state index in [0.29, 0.717) is 11.7 Å². The van der Waals surface area contributed by atoms with Gasteiger partial charge in [-0.25, -0.2) is 4.79 Å². The van der Waals surface area contributed by atoms with Crippen molar-refractivity contribution >= 4 is 17.3 Å². The highest BCUT2D eigenvalue weighted by Gasteiger charge is 2.22. The van der Waals surface area contributed by atoms with Crippen LogP contribution in [0.4, 0.5) is 11.4 Å². The van der Waals surface area contributed by atoms with Crippen molar-refractivity contribution in [1.29, 1.82) is 0 Å². The molecule has 0 bridgehead atoms. The van der Waals surface area contributed by atoms with Gasteiger partial charge in [-0.1, -0.05) is 0 Å².